The Morgan fingerprint density at radius 3 is 1.35 bits per heavy atom. The van der Waals surface area contributed by atoms with Crippen LogP contribution >= 0.6 is 0 Å². The molecule has 168 valence electrons. The summed E-state index contributed by atoms with van der Waals surface area (Å²) < 4.78 is 96.8. The van der Waals surface area contributed by atoms with Crippen LogP contribution in [0.3, 0.4) is 0 Å². The number of benzene rings is 2. The third kappa shape index (κ3) is 3.76. The van der Waals surface area contributed by atoms with Gasteiger partial charge in [-0.05, 0) is 51.2 Å². The maximum absolute atomic E-state index is 14.2. The van der Waals surface area contributed by atoms with E-state index in [9.17, 15) is 26.3 Å². The highest BCUT2D eigenvalue weighted by atomic mass is 19.4. The summed E-state index contributed by atoms with van der Waals surface area (Å²) in [6.45, 7) is 8.80. The third-order valence-electron chi connectivity index (χ3n) is 6.20. The van der Waals surface area contributed by atoms with Crippen molar-refractivity contribution in [2.24, 2.45) is 0 Å². The van der Waals surface area contributed by atoms with Gasteiger partial charge in [-0.1, -0.05) is 54.1 Å². The quantitative estimate of drug-likeness (QED) is 0.447. The van der Waals surface area contributed by atoms with Crippen molar-refractivity contribution in [3.05, 3.63) is 65.2 Å². The van der Waals surface area contributed by atoms with Gasteiger partial charge in [-0.3, -0.25) is 0 Å². The van der Waals surface area contributed by atoms with Crippen molar-refractivity contribution in [2.45, 2.75) is 63.6 Å². The molecule has 3 rings (SSSR count). The lowest BCUT2D eigenvalue weighted by molar-refractivity contribution is -0.288. The Hall–Kier alpha value is -2.00. The fraction of sp³-hybridized carbons (Fsp3) is 0.455. The number of rotatable bonds is 3. The molecule has 0 saturated carbocycles. The Kier molecular flexibility index (Phi) is 5.55. The highest BCUT2D eigenvalue weighted by Gasteiger charge is 2.72. The number of halogens is 6. The van der Waals surface area contributed by atoms with E-state index in [0.29, 0.717) is 11.0 Å². The second-order valence-electron chi connectivity index (χ2n) is 8.82. The summed E-state index contributed by atoms with van der Waals surface area (Å²) in [4.78, 5) is 0. The lowest BCUT2D eigenvalue weighted by Gasteiger charge is -2.38. The van der Waals surface area contributed by atoms with Gasteiger partial charge in [0.05, 0.1) is 11.2 Å². The number of aryl methyl sites for hydroxylation is 1. The zero-order valence-corrected chi connectivity index (χ0v) is 17.8. The average Bonchev–Trinajstić information content (AvgIpc) is 2.83. The van der Waals surface area contributed by atoms with E-state index in [2.05, 4.69) is 0 Å². The Morgan fingerprint density at radius 1 is 0.645 bits per heavy atom. The average molecular weight is 444 g/mol. The maximum Gasteiger partial charge on any atom is 0.494 e. The minimum atomic E-state index is -5.62. The van der Waals surface area contributed by atoms with Crippen molar-refractivity contribution in [3.63, 3.8) is 0 Å². The smallest absolute Gasteiger partial charge is 0.399 e. The first-order chi connectivity index (χ1) is 14.0. The van der Waals surface area contributed by atoms with Crippen LogP contribution < -0.4 is 5.46 Å². The van der Waals surface area contributed by atoms with Gasteiger partial charge in [0.2, 0.25) is 5.41 Å². The standard InChI is InChI=1S/C22H23BF6O2/c1-14-6-8-15(9-7-14)20(21(24,25)26,22(27,28)29)16-10-12-17(13-11-16)23-30-18(2,3)19(4,5)31-23/h6-13H,1-5H3. The van der Waals surface area contributed by atoms with Gasteiger partial charge >= 0.3 is 19.5 Å². The summed E-state index contributed by atoms with van der Waals surface area (Å²) in [7, 11) is -0.899. The van der Waals surface area contributed by atoms with Gasteiger partial charge in [0.1, 0.15) is 0 Å². The topological polar surface area (TPSA) is 18.5 Å². The normalized spacial score (nSPS) is 19.0. The molecule has 9 heteroatoms. The van der Waals surface area contributed by atoms with Gasteiger partial charge in [0.25, 0.3) is 0 Å². The second-order valence-corrected chi connectivity index (χ2v) is 8.82. The Balaban J connectivity index is 2.12. The van der Waals surface area contributed by atoms with Crippen molar-refractivity contribution in [2.75, 3.05) is 0 Å². The molecule has 0 unspecified atom stereocenters. The first-order valence-corrected chi connectivity index (χ1v) is 9.69. The Labute approximate surface area is 177 Å². The van der Waals surface area contributed by atoms with Crippen LogP contribution in [0.2, 0.25) is 0 Å². The molecule has 0 radical (unpaired) electrons. The SMILES string of the molecule is Cc1ccc(C(c2ccc(B3OC(C)(C)C(C)(C)O3)cc2)(C(F)(F)F)C(F)(F)F)cc1. The minimum absolute atomic E-state index is 0.338. The largest absolute Gasteiger partial charge is 0.494 e. The number of alkyl halides is 6. The molecule has 0 amide bonds. The molecule has 0 aliphatic carbocycles. The zero-order valence-electron chi connectivity index (χ0n) is 17.8. The van der Waals surface area contributed by atoms with Gasteiger partial charge in [0.15, 0.2) is 0 Å². The van der Waals surface area contributed by atoms with Gasteiger partial charge < -0.3 is 9.31 Å². The molecular weight excluding hydrogens is 421 g/mol. The van der Waals surface area contributed by atoms with Crippen LogP contribution in [-0.2, 0) is 14.7 Å². The van der Waals surface area contributed by atoms with Crippen LogP contribution in [0.25, 0.3) is 0 Å². The monoisotopic (exact) mass is 444 g/mol. The molecule has 31 heavy (non-hydrogen) atoms. The van der Waals surface area contributed by atoms with E-state index in [-0.39, 0.29) is 0 Å². The van der Waals surface area contributed by atoms with E-state index in [1.54, 1.807) is 34.6 Å². The highest BCUT2D eigenvalue weighted by molar-refractivity contribution is 6.62. The lowest BCUT2D eigenvalue weighted by Crippen LogP contribution is -2.55. The molecule has 0 aromatic heterocycles. The fourth-order valence-electron chi connectivity index (χ4n) is 3.65. The van der Waals surface area contributed by atoms with Crippen molar-refractivity contribution in [1.29, 1.82) is 0 Å². The summed E-state index contributed by atoms with van der Waals surface area (Å²) in [6.07, 6.45) is -11.2. The molecule has 0 N–H and O–H groups in total. The molecule has 1 aliphatic heterocycles. The van der Waals surface area contributed by atoms with Gasteiger partial charge in [-0.15, -0.1) is 0 Å². The summed E-state index contributed by atoms with van der Waals surface area (Å²) in [6, 6.07) is 8.30. The molecule has 0 spiro atoms. The third-order valence-corrected chi connectivity index (χ3v) is 6.20. The van der Waals surface area contributed by atoms with E-state index in [0.717, 1.165) is 24.3 Å². The van der Waals surface area contributed by atoms with Crippen molar-refractivity contribution < 1.29 is 35.7 Å². The molecule has 2 aromatic carbocycles. The summed E-state index contributed by atoms with van der Waals surface area (Å²) in [5.74, 6) is 0. The van der Waals surface area contributed by atoms with Gasteiger partial charge in [-0.2, -0.15) is 26.3 Å². The van der Waals surface area contributed by atoms with Gasteiger partial charge in [0, 0.05) is 0 Å². The van der Waals surface area contributed by atoms with Crippen LogP contribution in [0.15, 0.2) is 48.5 Å². The van der Waals surface area contributed by atoms with Crippen LogP contribution in [0.4, 0.5) is 26.3 Å². The molecule has 1 aliphatic rings. The molecule has 1 fully saturated rings. The zero-order chi connectivity index (χ0) is 23.5. The Morgan fingerprint density at radius 2 is 1.00 bits per heavy atom. The van der Waals surface area contributed by atoms with Crippen LogP contribution in [0.1, 0.15) is 44.4 Å². The summed E-state index contributed by atoms with van der Waals surface area (Å²) in [5.41, 5.74) is -6.47. The predicted octanol–water partition coefficient (Wildman–Crippen LogP) is 5.70. The summed E-state index contributed by atoms with van der Waals surface area (Å²) in [5, 5.41) is 0. The maximum atomic E-state index is 14.2. The highest BCUT2D eigenvalue weighted by Crippen LogP contribution is 2.56. The summed E-state index contributed by atoms with van der Waals surface area (Å²) >= 11 is 0. The van der Waals surface area contributed by atoms with Crippen LogP contribution in [-0.4, -0.2) is 30.7 Å². The minimum Gasteiger partial charge on any atom is -0.399 e. The number of hydrogen-bond acceptors (Lipinski definition) is 2. The molecule has 2 nitrogen and oxygen atoms in total. The van der Waals surface area contributed by atoms with E-state index in [1.165, 1.54) is 24.3 Å². The fourth-order valence-corrected chi connectivity index (χ4v) is 3.65. The molecule has 2 aromatic rings. The molecule has 0 atom stereocenters. The predicted molar refractivity (Wildman–Crippen MR) is 106 cm³/mol. The first-order valence-electron chi connectivity index (χ1n) is 9.69. The lowest BCUT2D eigenvalue weighted by atomic mass is 9.71. The van der Waals surface area contributed by atoms with E-state index >= 15 is 0 Å². The van der Waals surface area contributed by atoms with E-state index in [1.807, 2.05) is 0 Å². The second kappa shape index (κ2) is 7.27. The van der Waals surface area contributed by atoms with E-state index < -0.39 is 47.2 Å². The number of hydrogen-bond donors (Lipinski definition) is 0. The van der Waals surface area contributed by atoms with Crippen molar-refractivity contribution >= 4 is 12.6 Å². The van der Waals surface area contributed by atoms with Crippen molar-refractivity contribution in [3.8, 4) is 0 Å². The molecular formula is C22H23BF6O2. The van der Waals surface area contributed by atoms with E-state index in [4.69, 9.17) is 9.31 Å². The molecule has 1 saturated heterocycles. The molecule has 1 heterocycles. The van der Waals surface area contributed by atoms with Crippen LogP contribution in [0.5, 0.6) is 0 Å². The Bertz CT molecular complexity index is 900. The van der Waals surface area contributed by atoms with Crippen LogP contribution in [0, 0.1) is 6.92 Å². The first kappa shape index (κ1) is 23.7. The molecule has 0 bridgehead atoms. The van der Waals surface area contributed by atoms with Crippen molar-refractivity contribution in [1.82, 2.24) is 0 Å². The van der Waals surface area contributed by atoms with Gasteiger partial charge in [-0.25, -0.2) is 0 Å².